The van der Waals surface area contributed by atoms with Crippen LogP contribution in [0, 0.1) is 14.4 Å². The highest BCUT2D eigenvalue weighted by Gasteiger charge is 2.35. The minimum Gasteiger partial charge on any atom is -0.410 e. The minimum atomic E-state index is -0.812. The molecule has 2 atom stereocenters. The number of halogens is 1. The summed E-state index contributed by atoms with van der Waals surface area (Å²) in [5, 5.41) is 0. The third kappa shape index (κ3) is 7.09. The van der Waals surface area contributed by atoms with Crippen LogP contribution in [0.15, 0.2) is 18.2 Å². The van der Waals surface area contributed by atoms with Gasteiger partial charge < -0.3 is 8.85 Å². The van der Waals surface area contributed by atoms with Crippen molar-refractivity contribution >= 4 is 40.7 Å². The van der Waals surface area contributed by atoms with Crippen LogP contribution >= 0.6 is 22.6 Å². The van der Waals surface area contributed by atoms with Crippen molar-refractivity contribution in [3.63, 3.8) is 0 Å². The van der Waals surface area contributed by atoms with E-state index in [9.17, 15) is 0 Å². The molecule has 0 spiro atoms. The molecule has 0 aliphatic heterocycles. The Balaban J connectivity index is 3.55. The first-order valence-corrected chi connectivity index (χ1v) is 14.9. The molecule has 0 fully saturated rings. The van der Waals surface area contributed by atoms with Gasteiger partial charge in [-0.3, -0.25) is 0 Å². The lowest BCUT2D eigenvalue weighted by Gasteiger charge is -2.39. The molecule has 2 unspecified atom stereocenters. The molecule has 25 heavy (non-hydrogen) atoms. The molecule has 0 bridgehead atoms. The van der Waals surface area contributed by atoms with Crippen molar-refractivity contribution in [2.75, 3.05) is 0 Å². The standard InChI is InChI=1S/C20H35IO2Si2/c1-19(2,3)17(22-24(7)8)15-12-11-14(21)13-16(15)18(20(4,5)6)23-25(9)10/h11-13,17-18H,1-10H3. The molecule has 1 aromatic rings. The van der Waals surface area contributed by atoms with E-state index in [1.54, 1.807) is 0 Å². The Kier molecular flexibility index (Phi) is 8.40. The van der Waals surface area contributed by atoms with Gasteiger partial charge in [-0.2, -0.15) is 0 Å². The third-order valence-electron chi connectivity index (χ3n) is 3.89. The lowest BCUT2D eigenvalue weighted by Crippen LogP contribution is -2.31. The number of hydrogen-bond acceptors (Lipinski definition) is 2. The van der Waals surface area contributed by atoms with E-state index in [1.165, 1.54) is 14.7 Å². The normalized spacial score (nSPS) is 15.7. The Morgan fingerprint density at radius 3 is 1.52 bits per heavy atom. The maximum atomic E-state index is 6.52. The fourth-order valence-electron chi connectivity index (χ4n) is 2.90. The van der Waals surface area contributed by atoms with Gasteiger partial charge in [0.15, 0.2) is 0 Å². The summed E-state index contributed by atoms with van der Waals surface area (Å²) in [5.41, 5.74) is 2.67. The Bertz CT molecular complexity index is 560. The predicted octanol–water partition coefficient (Wildman–Crippen LogP) is 7.00. The highest BCUT2D eigenvalue weighted by Crippen LogP contribution is 2.45. The Morgan fingerprint density at radius 1 is 0.760 bits per heavy atom. The SMILES string of the molecule is C[Si](C)OC(c1ccc(I)cc1C(O[Si](C)C)C(C)(C)C)C(C)(C)C. The molecule has 0 aromatic heterocycles. The molecule has 0 N–H and O–H groups in total. The molecule has 0 saturated carbocycles. The number of benzene rings is 1. The maximum Gasteiger partial charge on any atom is 0.205 e. The van der Waals surface area contributed by atoms with Crippen molar-refractivity contribution in [2.45, 2.75) is 79.9 Å². The molecular weight excluding hydrogens is 455 g/mol. The summed E-state index contributed by atoms with van der Waals surface area (Å²) >= 11 is 2.41. The quantitative estimate of drug-likeness (QED) is 0.316. The van der Waals surface area contributed by atoms with E-state index in [0.717, 1.165) is 0 Å². The zero-order chi connectivity index (χ0) is 19.6. The van der Waals surface area contributed by atoms with Gasteiger partial charge >= 0.3 is 0 Å². The molecule has 1 aromatic carbocycles. The summed E-state index contributed by atoms with van der Waals surface area (Å²) in [6, 6.07) is 6.76. The summed E-state index contributed by atoms with van der Waals surface area (Å²) < 4.78 is 14.3. The van der Waals surface area contributed by atoms with Gasteiger partial charge in [-0.05, 0) is 82.9 Å². The van der Waals surface area contributed by atoms with Crippen molar-refractivity contribution in [1.82, 2.24) is 0 Å². The first kappa shape index (κ1) is 23.3. The third-order valence-corrected chi connectivity index (χ3v) is 5.98. The van der Waals surface area contributed by atoms with E-state index < -0.39 is 18.1 Å². The second-order valence-electron chi connectivity index (χ2n) is 9.32. The molecule has 1 rings (SSSR count). The highest BCUT2D eigenvalue weighted by molar-refractivity contribution is 14.1. The Morgan fingerprint density at radius 2 is 1.16 bits per heavy atom. The van der Waals surface area contributed by atoms with E-state index in [1.807, 2.05) is 0 Å². The molecular formula is C20H35IO2Si2. The fraction of sp³-hybridized carbons (Fsp3) is 0.700. The summed E-state index contributed by atoms with van der Waals surface area (Å²) in [7, 11) is -1.62. The Hall–Kier alpha value is 0.304. The van der Waals surface area contributed by atoms with E-state index in [-0.39, 0.29) is 23.0 Å². The zero-order valence-electron chi connectivity index (χ0n) is 17.6. The summed E-state index contributed by atoms with van der Waals surface area (Å²) in [6.07, 6.45) is 0.167. The van der Waals surface area contributed by atoms with Gasteiger partial charge in [0.25, 0.3) is 0 Å². The van der Waals surface area contributed by atoms with Crippen molar-refractivity contribution in [1.29, 1.82) is 0 Å². The summed E-state index contributed by atoms with van der Waals surface area (Å²) in [4.78, 5) is 0. The first-order valence-electron chi connectivity index (χ1n) is 8.96. The zero-order valence-corrected chi connectivity index (χ0v) is 21.7. The van der Waals surface area contributed by atoms with Crippen LogP contribution in [-0.2, 0) is 8.85 Å². The van der Waals surface area contributed by atoms with Gasteiger partial charge in [0.05, 0.1) is 12.2 Å². The lowest BCUT2D eigenvalue weighted by molar-refractivity contribution is 0.0656. The molecule has 0 aliphatic carbocycles. The monoisotopic (exact) mass is 490 g/mol. The average Bonchev–Trinajstić information content (AvgIpc) is 2.40. The molecule has 0 aliphatic rings. The van der Waals surface area contributed by atoms with E-state index in [4.69, 9.17) is 8.85 Å². The molecule has 5 heteroatoms. The smallest absolute Gasteiger partial charge is 0.205 e. The van der Waals surface area contributed by atoms with Crippen LogP contribution in [0.5, 0.6) is 0 Å². The molecule has 142 valence electrons. The average molecular weight is 491 g/mol. The van der Waals surface area contributed by atoms with E-state index in [0.29, 0.717) is 0 Å². The van der Waals surface area contributed by atoms with Crippen LogP contribution in [0.25, 0.3) is 0 Å². The molecule has 0 heterocycles. The van der Waals surface area contributed by atoms with Gasteiger partial charge in [-0.25, -0.2) is 0 Å². The summed E-state index contributed by atoms with van der Waals surface area (Å²) in [6.45, 7) is 22.5. The second kappa shape index (κ2) is 9.00. The predicted molar refractivity (Wildman–Crippen MR) is 121 cm³/mol. The van der Waals surface area contributed by atoms with Crippen LogP contribution in [0.1, 0.15) is 64.9 Å². The van der Waals surface area contributed by atoms with Gasteiger partial charge in [-0.1, -0.05) is 47.6 Å². The van der Waals surface area contributed by atoms with Crippen molar-refractivity contribution in [3.05, 3.63) is 32.9 Å². The number of rotatable bonds is 6. The highest BCUT2D eigenvalue weighted by atomic mass is 127. The van der Waals surface area contributed by atoms with Gasteiger partial charge in [0.2, 0.25) is 18.1 Å². The van der Waals surface area contributed by atoms with Gasteiger partial charge in [0.1, 0.15) is 0 Å². The van der Waals surface area contributed by atoms with Crippen LogP contribution in [0.3, 0.4) is 0 Å². The summed E-state index contributed by atoms with van der Waals surface area (Å²) in [5.74, 6) is 0. The van der Waals surface area contributed by atoms with Crippen molar-refractivity contribution in [3.8, 4) is 0 Å². The van der Waals surface area contributed by atoms with Crippen LogP contribution in [0.2, 0.25) is 26.2 Å². The van der Waals surface area contributed by atoms with Gasteiger partial charge in [-0.15, -0.1) is 0 Å². The largest absolute Gasteiger partial charge is 0.410 e. The van der Waals surface area contributed by atoms with Gasteiger partial charge in [0, 0.05) is 3.57 Å². The van der Waals surface area contributed by atoms with Crippen molar-refractivity contribution < 1.29 is 8.85 Å². The lowest BCUT2D eigenvalue weighted by atomic mass is 9.78. The van der Waals surface area contributed by atoms with Crippen LogP contribution in [-0.4, -0.2) is 18.1 Å². The van der Waals surface area contributed by atoms with Crippen LogP contribution < -0.4 is 0 Å². The van der Waals surface area contributed by atoms with E-state index in [2.05, 4.69) is 109 Å². The maximum absolute atomic E-state index is 6.52. The van der Waals surface area contributed by atoms with Crippen molar-refractivity contribution in [2.24, 2.45) is 10.8 Å². The molecule has 2 radical (unpaired) electrons. The number of hydrogen-bond donors (Lipinski definition) is 0. The molecule has 0 amide bonds. The molecule has 0 saturated heterocycles. The first-order chi connectivity index (χ1) is 11.2. The minimum absolute atomic E-state index is 0.0375. The van der Waals surface area contributed by atoms with E-state index >= 15 is 0 Å². The van der Waals surface area contributed by atoms with Crippen LogP contribution in [0.4, 0.5) is 0 Å². The topological polar surface area (TPSA) is 18.5 Å². The fourth-order valence-corrected chi connectivity index (χ4v) is 5.32. The second-order valence-corrected chi connectivity index (χ2v) is 14.7. The molecule has 2 nitrogen and oxygen atoms in total. The Labute approximate surface area is 172 Å².